The smallest absolute Gasteiger partial charge is 0.151 e. The summed E-state index contributed by atoms with van der Waals surface area (Å²) in [6.07, 6.45) is 2.44. The van der Waals surface area contributed by atoms with Gasteiger partial charge < -0.3 is 10.2 Å². The maximum absolute atomic E-state index is 4.31. The minimum absolute atomic E-state index is 0.531. The second-order valence-electron chi connectivity index (χ2n) is 5.73. The standard InChI is InChI=1S/C16H22N4S/c1-12-7-9-21-15(12)10-17-14-4-3-8-20(11-14)16-6-5-13(2)18-19-16/h5-7,9,14,17H,3-4,8,10-11H2,1-2H3/t14-/m1/s1. The second kappa shape index (κ2) is 6.54. The minimum atomic E-state index is 0.531. The molecule has 1 aliphatic heterocycles. The minimum Gasteiger partial charge on any atom is -0.354 e. The highest BCUT2D eigenvalue weighted by Gasteiger charge is 2.20. The van der Waals surface area contributed by atoms with Gasteiger partial charge in [-0.2, -0.15) is 5.10 Å². The van der Waals surface area contributed by atoms with E-state index in [0.717, 1.165) is 31.1 Å². The molecule has 0 aromatic carbocycles. The first-order valence-corrected chi connectivity index (χ1v) is 8.42. The predicted molar refractivity (Wildman–Crippen MR) is 87.9 cm³/mol. The van der Waals surface area contributed by atoms with Crippen molar-refractivity contribution >= 4 is 17.2 Å². The number of hydrogen-bond acceptors (Lipinski definition) is 5. The number of rotatable bonds is 4. The lowest BCUT2D eigenvalue weighted by atomic mass is 10.1. The summed E-state index contributed by atoms with van der Waals surface area (Å²) in [6, 6.07) is 6.84. The highest BCUT2D eigenvalue weighted by Crippen LogP contribution is 2.19. The molecule has 3 heterocycles. The number of hydrogen-bond donors (Lipinski definition) is 1. The van der Waals surface area contributed by atoms with E-state index in [0.29, 0.717) is 6.04 Å². The molecule has 1 aliphatic rings. The average molecular weight is 302 g/mol. The zero-order chi connectivity index (χ0) is 14.7. The largest absolute Gasteiger partial charge is 0.354 e. The van der Waals surface area contributed by atoms with Crippen LogP contribution in [0.4, 0.5) is 5.82 Å². The molecule has 2 aromatic heterocycles. The van der Waals surface area contributed by atoms with Crippen molar-refractivity contribution in [1.29, 1.82) is 0 Å². The van der Waals surface area contributed by atoms with E-state index < -0.39 is 0 Å². The molecule has 0 amide bonds. The molecular formula is C16H22N4S. The van der Waals surface area contributed by atoms with Gasteiger partial charge in [-0.25, -0.2) is 0 Å². The van der Waals surface area contributed by atoms with Crippen molar-refractivity contribution in [2.45, 2.75) is 39.3 Å². The van der Waals surface area contributed by atoms with Crippen LogP contribution < -0.4 is 10.2 Å². The van der Waals surface area contributed by atoms with Gasteiger partial charge in [0.25, 0.3) is 0 Å². The van der Waals surface area contributed by atoms with Gasteiger partial charge in [0.2, 0.25) is 0 Å². The van der Waals surface area contributed by atoms with Gasteiger partial charge in [0.05, 0.1) is 5.69 Å². The van der Waals surface area contributed by atoms with Crippen LogP contribution in [0.25, 0.3) is 0 Å². The lowest BCUT2D eigenvalue weighted by Crippen LogP contribution is -2.45. The topological polar surface area (TPSA) is 41.0 Å². The van der Waals surface area contributed by atoms with Crippen LogP contribution >= 0.6 is 11.3 Å². The van der Waals surface area contributed by atoms with Crippen molar-refractivity contribution in [3.8, 4) is 0 Å². The summed E-state index contributed by atoms with van der Waals surface area (Å²) < 4.78 is 0. The van der Waals surface area contributed by atoms with Crippen LogP contribution in [0.1, 0.15) is 29.0 Å². The molecule has 3 rings (SSSR count). The van der Waals surface area contributed by atoms with Gasteiger partial charge in [-0.3, -0.25) is 0 Å². The van der Waals surface area contributed by atoms with Gasteiger partial charge in [0, 0.05) is 30.6 Å². The highest BCUT2D eigenvalue weighted by atomic mass is 32.1. The maximum atomic E-state index is 4.31. The van der Waals surface area contributed by atoms with Crippen molar-refractivity contribution in [3.63, 3.8) is 0 Å². The van der Waals surface area contributed by atoms with Crippen LogP contribution in [0.3, 0.4) is 0 Å². The van der Waals surface area contributed by atoms with Gasteiger partial charge >= 0.3 is 0 Å². The Labute approximate surface area is 130 Å². The van der Waals surface area contributed by atoms with Crippen LogP contribution in [0.2, 0.25) is 0 Å². The Balaban J connectivity index is 1.58. The van der Waals surface area contributed by atoms with Crippen LogP contribution in [-0.4, -0.2) is 29.3 Å². The number of piperidine rings is 1. The molecule has 0 radical (unpaired) electrons. The lowest BCUT2D eigenvalue weighted by Gasteiger charge is -2.33. The molecule has 2 aromatic rings. The first-order chi connectivity index (χ1) is 10.2. The third-order valence-corrected chi connectivity index (χ3v) is 5.07. The summed E-state index contributed by atoms with van der Waals surface area (Å²) in [4.78, 5) is 3.79. The zero-order valence-corrected chi connectivity index (χ0v) is 13.5. The highest BCUT2D eigenvalue weighted by molar-refractivity contribution is 7.10. The molecule has 112 valence electrons. The van der Waals surface area contributed by atoms with Crippen molar-refractivity contribution in [2.75, 3.05) is 18.0 Å². The van der Waals surface area contributed by atoms with Crippen molar-refractivity contribution in [2.24, 2.45) is 0 Å². The van der Waals surface area contributed by atoms with E-state index in [-0.39, 0.29) is 0 Å². The van der Waals surface area contributed by atoms with E-state index in [1.807, 2.05) is 24.3 Å². The Hall–Kier alpha value is -1.46. The Morgan fingerprint density at radius 2 is 2.19 bits per heavy atom. The third kappa shape index (κ3) is 3.60. The molecular weight excluding hydrogens is 280 g/mol. The molecule has 0 saturated carbocycles. The monoisotopic (exact) mass is 302 g/mol. The van der Waals surface area contributed by atoms with E-state index in [9.17, 15) is 0 Å². The number of nitrogens with one attached hydrogen (secondary N) is 1. The number of anilines is 1. The van der Waals surface area contributed by atoms with Gasteiger partial charge in [0.15, 0.2) is 5.82 Å². The van der Waals surface area contributed by atoms with Crippen molar-refractivity contribution in [3.05, 3.63) is 39.7 Å². The van der Waals surface area contributed by atoms with Gasteiger partial charge in [-0.15, -0.1) is 16.4 Å². The number of nitrogens with zero attached hydrogens (tertiary/aromatic N) is 3. The first-order valence-electron chi connectivity index (χ1n) is 7.54. The van der Waals surface area contributed by atoms with Gasteiger partial charge in [0.1, 0.15) is 0 Å². The molecule has 5 heteroatoms. The van der Waals surface area contributed by atoms with Gasteiger partial charge in [-0.1, -0.05) is 0 Å². The molecule has 0 unspecified atom stereocenters. The number of aryl methyl sites for hydroxylation is 2. The molecule has 1 N–H and O–H groups in total. The van der Waals surface area contributed by atoms with E-state index in [2.05, 4.69) is 44.9 Å². The van der Waals surface area contributed by atoms with E-state index >= 15 is 0 Å². The summed E-state index contributed by atoms with van der Waals surface area (Å²) in [7, 11) is 0. The summed E-state index contributed by atoms with van der Waals surface area (Å²) in [6.45, 7) is 7.22. The summed E-state index contributed by atoms with van der Waals surface area (Å²) >= 11 is 1.84. The Bertz CT molecular complexity index is 578. The molecule has 1 atom stereocenters. The molecule has 1 saturated heterocycles. The maximum Gasteiger partial charge on any atom is 0.151 e. The van der Waals surface area contributed by atoms with E-state index in [4.69, 9.17) is 0 Å². The zero-order valence-electron chi connectivity index (χ0n) is 12.7. The number of thiophene rings is 1. The Morgan fingerprint density at radius 3 is 2.90 bits per heavy atom. The quantitative estimate of drug-likeness (QED) is 0.943. The Morgan fingerprint density at radius 1 is 1.29 bits per heavy atom. The first kappa shape index (κ1) is 14.5. The fraction of sp³-hybridized carbons (Fsp3) is 0.500. The molecule has 0 spiro atoms. The third-order valence-electron chi connectivity index (χ3n) is 4.05. The fourth-order valence-electron chi connectivity index (χ4n) is 2.73. The summed E-state index contributed by atoms with van der Waals surface area (Å²) in [5, 5.41) is 14.3. The van der Waals surface area contributed by atoms with Crippen molar-refractivity contribution in [1.82, 2.24) is 15.5 Å². The van der Waals surface area contributed by atoms with Gasteiger partial charge in [-0.05, 0) is 55.8 Å². The van der Waals surface area contributed by atoms with E-state index in [1.54, 1.807) is 0 Å². The predicted octanol–water partition coefficient (Wildman–Crippen LogP) is 2.91. The lowest BCUT2D eigenvalue weighted by molar-refractivity contribution is 0.420. The normalized spacial score (nSPS) is 19.0. The summed E-state index contributed by atoms with van der Waals surface area (Å²) in [5.74, 6) is 0.999. The van der Waals surface area contributed by atoms with Crippen LogP contribution in [0, 0.1) is 13.8 Å². The fourth-order valence-corrected chi connectivity index (χ4v) is 3.59. The second-order valence-corrected chi connectivity index (χ2v) is 6.73. The summed E-state index contributed by atoms with van der Waals surface area (Å²) in [5.41, 5.74) is 2.36. The van der Waals surface area contributed by atoms with Crippen LogP contribution in [-0.2, 0) is 6.54 Å². The van der Waals surface area contributed by atoms with E-state index in [1.165, 1.54) is 23.3 Å². The van der Waals surface area contributed by atoms with Crippen LogP contribution in [0.5, 0.6) is 0 Å². The SMILES string of the molecule is Cc1ccc(N2CCC[C@@H](NCc3sccc3C)C2)nn1. The Kier molecular flexibility index (Phi) is 4.51. The van der Waals surface area contributed by atoms with Crippen LogP contribution in [0.15, 0.2) is 23.6 Å². The van der Waals surface area contributed by atoms with Crippen molar-refractivity contribution < 1.29 is 0 Å². The molecule has 1 fully saturated rings. The number of aromatic nitrogens is 2. The average Bonchev–Trinajstić information content (AvgIpc) is 2.91. The molecule has 21 heavy (non-hydrogen) atoms. The molecule has 4 nitrogen and oxygen atoms in total. The molecule has 0 aliphatic carbocycles. The molecule has 0 bridgehead atoms.